The highest BCUT2D eigenvalue weighted by atomic mass is 16.7. The lowest BCUT2D eigenvalue weighted by Crippen LogP contribution is -2.60. The Balaban J connectivity index is 1.59. The zero-order valence-corrected chi connectivity index (χ0v) is 23.5. The largest absolute Gasteiger partial charge is 0.463 e. The summed E-state index contributed by atoms with van der Waals surface area (Å²) in [5.41, 5.74) is 0. The Morgan fingerprint density at radius 2 is 1.40 bits per heavy atom. The minimum atomic E-state index is -1.89. The van der Waals surface area contributed by atoms with E-state index in [1.807, 2.05) is 0 Å². The lowest BCUT2D eigenvalue weighted by Gasteiger charge is -2.39. The van der Waals surface area contributed by atoms with Crippen LogP contribution in [0.15, 0.2) is 0 Å². The van der Waals surface area contributed by atoms with Gasteiger partial charge in [-0.25, -0.2) is 4.79 Å². The molecule has 2 heterocycles. The van der Waals surface area contributed by atoms with Crippen molar-refractivity contribution in [3.05, 3.63) is 0 Å². The fourth-order valence-electron chi connectivity index (χ4n) is 4.84. The van der Waals surface area contributed by atoms with E-state index in [9.17, 15) is 39.9 Å². The van der Waals surface area contributed by atoms with Crippen LogP contribution in [0, 0.1) is 0 Å². The molecule has 1 unspecified atom stereocenters. The molecule has 12 nitrogen and oxygen atoms in total. The van der Waals surface area contributed by atoms with Crippen LogP contribution in [-0.2, 0) is 33.3 Å². The van der Waals surface area contributed by atoms with E-state index in [2.05, 4.69) is 6.92 Å². The minimum absolute atomic E-state index is 0.172. The molecule has 0 radical (unpaired) electrons. The monoisotopic (exact) mass is 576 g/mol. The molecule has 8 atom stereocenters. The van der Waals surface area contributed by atoms with E-state index < -0.39 is 80.0 Å². The molecule has 0 aromatic heterocycles. The minimum Gasteiger partial charge on any atom is -0.463 e. The van der Waals surface area contributed by atoms with Gasteiger partial charge in [0.15, 0.2) is 12.4 Å². The van der Waals surface area contributed by atoms with Crippen molar-refractivity contribution in [1.82, 2.24) is 0 Å². The lowest BCUT2D eigenvalue weighted by atomic mass is 9.99. The molecule has 0 aliphatic carbocycles. The summed E-state index contributed by atoms with van der Waals surface area (Å²) in [4.78, 5) is 36.8. The van der Waals surface area contributed by atoms with Crippen LogP contribution in [0.1, 0.15) is 96.8 Å². The Morgan fingerprint density at radius 1 is 0.850 bits per heavy atom. The number of ether oxygens (including phenoxy) is 4. The van der Waals surface area contributed by atoms with Crippen LogP contribution >= 0.6 is 0 Å². The number of rotatable bonds is 20. The van der Waals surface area contributed by atoms with Crippen LogP contribution in [0.4, 0.5) is 0 Å². The number of carbonyl (C=O) groups is 3. The van der Waals surface area contributed by atoms with Gasteiger partial charge in [-0.1, -0.05) is 84.0 Å². The Hall–Kier alpha value is -1.67. The molecule has 0 aromatic rings. The van der Waals surface area contributed by atoms with Gasteiger partial charge in [0.05, 0.1) is 6.61 Å². The fraction of sp³-hybridized carbons (Fsp3) is 0.893. The molecule has 2 rings (SSSR count). The van der Waals surface area contributed by atoms with Gasteiger partial charge >= 0.3 is 11.9 Å². The second kappa shape index (κ2) is 18.7. The predicted molar refractivity (Wildman–Crippen MR) is 141 cm³/mol. The van der Waals surface area contributed by atoms with E-state index in [4.69, 9.17) is 18.9 Å². The maximum absolute atomic E-state index is 12.6. The van der Waals surface area contributed by atoms with Crippen LogP contribution < -0.4 is 0 Å². The third-order valence-corrected chi connectivity index (χ3v) is 7.36. The van der Waals surface area contributed by atoms with Crippen molar-refractivity contribution in [1.29, 1.82) is 0 Å². The number of hydrogen-bond acceptors (Lipinski definition) is 12. The average Bonchev–Trinajstić information content (AvgIpc) is 3.22. The number of cyclic esters (lactones) is 1. The summed E-state index contributed by atoms with van der Waals surface area (Å²) < 4.78 is 20.2. The topological polar surface area (TPSA) is 189 Å². The van der Waals surface area contributed by atoms with Gasteiger partial charge < -0.3 is 44.5 Å². The van der Waals surface area contributed by atoms with Crippen molar-refractivity contribution in [2.45, 2.75) is 146 Å². The first kappa shape index (κ1) is 34.5. The zero-order valence-electron chi connectivity index (χ0n) is 23.5. The second-order valence-corrected chi connectivity index (χ2v) is 10.7. The average molecular weight is 577 g/mol. The maximum Gasteiger partial charge on any atom is 0.344 e. The summed E-state index contributed by atoms with van der Waals surface area (Å²) in [7, 11) is 0. The predicted octanol–water partition coefficient (Wildman–Crippen LogP) is 1.05. The number of aliphatic hydroxyl groups is 5. The standard InChI is InChI=1S/C28H48O12/c1-2-3-4-5-6-7-8-9-10-11-12-13-14-15-20(31)37-17-18(30)25-24(35)26(27(36)39-25)40-28-23(34)22(33)21(32)19(16-29)38-28/h18-19,21-23,25-26,28-30,32-34H,2-17H2,1H3/t18-,19+,21+,22-,23+,25+,26?,28+/m0/s1. The van der Waals surface area contributed by atoms with Gasteiger partial charge in [0.1, 0.15) is 37.1 Å². The van der Waals surface area contributed by atoms with Gasteiger partial charge in [0.2, 0.25) is 11.9 Å². The van der Waals surface area contributed by atoms with Crippen LogP contribution in [-0.4, -0.2) is 105 Å². The molecule has 2 aliphatic rings. The molecule has 0 amide bonds. The molecular formula is C28H48O12. The number of unbranched alkanes of at least 4 members (excludes halogenated alkanes) is 12. The van der Waals surface area contributed by atoms with Gasteiger partial charge in [-0.15, -0.1) is 0 Å². The molecule has 2 aliphatic heterocycles. The fourth-order valence-corrected chi connectivity index (χ4v) is 4.84. The van der Waals surface area contributed by atoms with Crippen molar-refractivity contribution in [3.63, 3.8) is 0 Å². The van der Waals surface area contributed by atoms with Crippen molar-refractivity contribution in [3.8, 4) is 0 Å². The summed E-state index contributed by atoms with van der Waals surface area (Å²) in [5.74, 6) is -2.68. The summed E-state index contributed by atoms with van der Waals surface area (Å²) in [5, 5.41) is 49.3. The van der Waals surface area contributed by atoms with Crippen molar-refractivity contribution < 1.29 is 58.9 Å². The van der Waals surface area contributed by atoms with E-state index in [0.29, 0.717) is 6.42 Å². The van der Waals surface area contributed by atoms with E-state index in [1.165, 1.54) is 57.8 Å². The molecule has 2 fully saturated rings. The third kappa shape index (κ3) is 11.0. The number of hydrogen-bond donors (Lipinski definition) is 5. The second-order valence-electron chi connectivity index (χ2n) is 10.7. The van der Waals surface area contributed by atoms with Gasteiger partial charge in [-0.2, -0.15) is 0 Å². The number of esters is 2. The maximum atomic E-state index is 12.6. The molecule has 0 bridgehead atoms. The highest BCUT2D eigenvalue weighted by Gasteiger charge is 2.52. The summed E-state index contributed by atoms with van der Waals surface area (Å²) in [6.07, 6.45) is 2.07. The van der Waals surface area contributed by atoms with Crippen LogP contribution in [0.3, 0.4) is 0 Å². The molecule has 2 saturated heterocycles. The molecule has 0 spiro atoms. The smallest absolute Gasteiger partial charge is 0.344 e. The van der Waals surface area contributed by atoms with E-state index in [-0.39, 0.29) is 6.42 Å². The van der Waals surface area contributed by atoms with Gasteiger partial charge in [0.25, 0.3) is 0 Å². The van der Waals surface area contributed by atoms with Gasteiger partial charge in [-0.3, -0.25) is 9.59 Å². The highest BCUT2D eigenvalue weighted by Crippen LogP contribution is 2.26. The Labute approximate surface area is 235 Å². The quantitative estimate of drug-likeness (QED) is 0.0788. The van der Waals surface area contributed by atoms with Gasteiger partial charge in [-0.05, 0) is 6.42 Å². The van der Waals surface area contributed by atoms with Crippen molar-refractivity contribution >= 4 is 17.7 Å². The number of carbonyl (C=O) groups excluding carboxylic acids is 3. The first-order valence-electron chi connectivity index (χ1n) is 14.7. The molecule has 0 aromatic carbocycles. The number of Topliss-reactive ketones (excluding diaryl/α,β-unsaturated/α-hetero) is 1. The van der Waals surface area contributed by atoms with Gasteiger partial charge in [0, 0.05) is 6.42 Å². The molecule has 232 valence electrons. The van der Waals surface area contributed by atoms with Crippen LogP contribution in [0.2, 0.25) is 0 Å². The van der Waals surface area contributed by atoms with Crippen molar-refractivity contribution in [2.24, 2.45) is 0 Å². The molecular weight excluding hydrogens is 528 g/mol. The molecule has 40 heavy (non-hydrogen) atoms. The molecule has 12 heteroatoms. The molecule has 5 N–H and O–H groups in total. The third-order valence-electron chi connectivity index (χ3n) is 7.36. The molecule has 0 saturated carbocycles. The first-order chi connectivity index (χ1) is 19.2. The number of ketones is 1. The van der Waals surface area contributed by atoms with E-state index >= 15 is 0 Å². The first-order valence-corrected chi connectivity index (χ1v) is 14.7. The Bertz CT molecular complexity index is 760. The van der Waals surface area contributed by atoms with Crippen molar-refractivity contribution in [2.75, 3.05) is 13.2 Å². The SMILES string of the molecule is CCCCCCCCCCCCCCCC(=O)OC[C@H](O)[C@H]1OC(=O)C(O[C@H]2O[C@H](CO)[C@@H](O)[C@H](O)[C@H]2O)C1=O. The zero-order chi connectivity index (χ0) is 29.5. The lowest BCUT2D eigenvalue weighted by molar-refractivity contribution is -0.305. The highest BCUT2D eigenvalue weighted by molar-refractivity contribution is 6.09. The number of aliphatic hydroxyl groups excluding tert-OH is 5. The van der Waals surface area contributed by atoms with Crippen LogP contribution in [0.5, 0.6) is 0 Å². The van der Waals surface area contributed by atoms with Crippen LogP contribution in [0.25, 0.3) is 0 Å². The van der Waals surface area contributed by atoms with E-state index in [1.54, 1.807) is 0 Å². The summed E-state index contributed by atoms with van der Waals surface area (Å²) in [6, 6.07) is 0. The summed E-state index contributed by atoms with van der Waals surface area (Å²) in [6.45, 7) is 0.939. The Kier molecular flexibility index (Phi) is 16.1. The Morgan fingerprint density at radius 3 is 1.95 bits per heavy atom. The normalized spacial score (nSPS) is 29.4. The summed E-state index contributed by atoms with van der Waals surface area (Å²) >= 11 is 0. The van der Waals surface area contributed by atoms with E-state index in [0.717, 1.165) is 19.3 Å².